The van der Waals surface area contributed by atoms with Crippen LogP contribution in [0.5, 0.6) is 0 Å². The van der Waals surface area contributed by atoms with Gasteiger partial charge in [0, 0.05) is 7.11 Å². The first kappa shape index (κ1) is 11.8. The Morgan fingerprint density at radius 3 is 2.50 bits per heavy atom. The molecule has 2 N–H and O–H groups in total. The van der Waals surface area contributed by atoms with Crippen molar-refractivity contribution in [3.63, 3.8) is 0 Å². The SMILES string of the molecule is CCC(OC(C)COC)C(N)=S. The van der Waals surface area contributed by atoms with Crippen molar-refractivity contribution in [2.45, 2.75) is 32.5 Å². The van der Waals surface area contributed by atoms with E-state index in [0.717, 1.165) is 6.42 Å². The van der Waals surface area contributed by atoms with Crippen molar-refractivity contribution in [3.05, 3.63) is 0 Å². The lowest BCUT2D eigenvalue weighted by molar-refractivity contribution is -0.0125. The zero-order valence-electron chi connectivity index (χ0n) is 7.87. The highest BCUT2D eigenvalue weighted by molar-refractivity contribution is 7.80. The van der Waals surface area contributed by atoms with Crippen LogP contribution in [-0.4, -0.2) is 30.9 Å². The molecule has 12 heavy (non-hydrogen) atoms. The van der Waals surface area contributed by atoms with Crippen LogP contribution < -0.4 is 5.73 Å². The molecular weight excluding hydrogens is 174 g/mol. The van der Waals surface area contributed by atoms with E-state index in [9.17, 15) is 0 Å². The Kier molecular flexibility index (Phi) is 6.24. The number of nitrogens with two attached hydrogens (primary N) is 1. The molecule has 0 heterocycles. The number of hydrogen-bond donors (Lipinski definition) is 1. The van der Waals surface area contributed by atoms with Gasteiger partial charge in [0.1, 0.15) is 11.1 Å². The molecule has 2 atom stereocenters. The third-order valence-corrected chi connectivity index (χ3v) is 1.75. The van der Waals surface area contributed by atoms with E-state index in [1.54, 1.807) is 7.11 Å². The lowest BCUT2D eigenvalue weighted by Gasteiger charge is -2.19. The zero-order valence-corrected chi connectivity index (χ0v) is 8.69. The zero-order chi connectivity index (χ0) is 9.56. The summed E-state index contributed by atoms with van der Waals surface area (Å²) in [6, 6.07) is 0. The smallest absolute Gasteiger partial charge is 0.107 e. The standard InChI is InChI=1S/C8H17NO2S/c1-4-7(8(9)12)11-6(2)5-10-3/h6-7H,4-5H2,1-3H3,(H2,9,12). The van der Waals surface area contributed by atoms with E-state index in [-0.39, 0.29) is 12.2 Å². The van der Waals surface area contributed by atoms with Crippen LogP contribution in [0.4, 0.5) is 0 Å². The summed E-state index contributed by atoms with van der Waals surface area (Å²) in [5, 5.41) is 0. The van der Waals surface area contributed by atoms with Crippen LogP contribution >= 0.6 is 12.2 Å². The van der Waals surface area contributed by atoms with Gasteiger partial charge in [-0.05, 0) is 13.3 Å². The van der Waals surface area contributed by atoms with Gasteiger partial charge in [0.05, 0.1) is 12.7 Å². The van der Waals surface area contributed by atoms with Gasteiger partial charge < -0.3 is 15.2 Å². The summed E-state index contributed by atoms with van der Waals surface area (Å²) >= 11 is 4.83. The molecule has 0 aliphatic carbocycles. The fourth-order valence-electron chi connectivity index (χ4n) is 0.919. The molecule has 0 aromatic heterocycles. The van der Waals surface area contributed by atoms with Crippen molar-refractivity contribution >= 4 is 17.2 Å². The van der Waals surface area contributed by atoms with Crippen LogP contribution in [-0.2, 0) is 9.47 Å². The molecule has 0 aliphatic heterocycles. The minimum atomic E-state index is -0.120. The number of thiocarbonyl (C=S) groups is 1. The van der Waals surface area contributed by atoms with Crippen LogP contribution in [0.15, 0.2) is 0 Å². The van der Waals surface area contributed by atoms with E-state index in [2.05, 4.69) is 0 Å². The van der Waals surface area contributed by atoms with Gasteiger partial charge in [-0.1, -0.05) is 19.1 Å². The highest BCUT2D eigenvalue weighted by atomic mass is 32.1. The summed E-state index contributed by atoms with van der Waals surface area (Å²) in [7, 11) is 1.64. The van der Waals surface area contributed by atoms with E-state index in [1.165, 1.54) is 0 Å². The normalized spacial score (nSPS) is 15.6. The first-order valence-corrected chi connectivity index (χ1v) is 4.46. The van der Waals surface area contributed by atoms with Gasteiger partial charge in [0.2, 0.25) is 0 Å². The van der Waals surface area contributed by atoms with E-state index in [4.69, 9.17) is 27.4 Å². The molecule has 0 amide bonds. The van der Waals surface area contributed by atoms with Gasteiger partial charge in [-0.2, -0.15) is 0 Å². The minimum Gasteiger partial charge on any atom is -0.391 e. The van der Waals surface area contributed by atoms with Gasteiger partial charge in [-0.15, -0.1) is 0 Å². The van der Waals surface area contributed by atoms with Crippen LogP contribution in [0.2, 0.25) is 0 Å². The van der Waals surface area contributed by atoms with Crippen molar-refractivity contribution in [2.24, 2.45) is 5.73 Å². The molecule has 0 bridgehead atoms. The number of ether oxygens (including phenoxy) is 2. The Morgan fingerprint density at radius 1 is 1.58 bits per heavy atom. The Labute approximate surface area is 79.2 Å². The summed E-state index contributed by atoms with van der Waals surface area (Å²) < 4.78 is 10.4. The van der Waals surface area contributed by atoms with Crippen molar-refractivity contribution in [1.82, 2.24) is 0 Å². The van der Waals surface area contributed by atoms with Crippen molar-refractivity contribution in [3.8, 4) is 0 Å². The Bertz CT molecular complexity index is 141. The van der Waals surface area contributed by atoms with Crippen LogP contribution in [0, 0.1) is 0 Å². The molecule has 0 saturated heterocycles. The van der Waals surface area contributed by atoms with Crippen molar-refractivity contribution < 1.29 is 9.47 Å². The minimum absolute atomic E-state index is 0.0430. The lowest BCUT2D eigenvalue weighted by atomic mass is 10.2. The summed E-state index contributed by atoms with van der Waals surface area (Å²) in [5.74, 6) is 0. The van der Waals surface area contributed by atoms with Crippen LogP contribution in [0.1, 0.15) is 20.3 Å². The second kappa shape index (κ2) is 6.34. The maximum Gasteiger partial charge on any atom is 0.107 e. The van der Waals surface area contributed by atoms with Gasteiger partial charge in [-0.3, -0.25) is 0 Å². The first-order chi connectivity index (χ1) is 5.61. The largest absolute Gasteiger partial charge is 0.391 e. The molecule has 0 rings (SSSR count). The summed E-state index contributed by atoms with van der Waals surface area (Å²) in [5.41, 5.74) is 5.46. The third-order valence-electron chi connectivity index (χ3n) is 1.49. The van der Waals surface area contributed by atoms with Crippen LogP contribution in [0.25, 0.3) is 0 Å². The first-order valence-electron chi connectivity index (χ1n) is 4.05. The molecule has 4 heteroatoms. The molecule has 0 aliphatic rings. The molecule has 0 spiro atoms. The van der Waals surface area contributed by atoms with Gasteiger partial charge in [0.25, 0.3) is 0 Å². The summed E-state index contributed by atoms with van der Waals surface area (Å²) in [6.07, 6.45) is 0.732. The number of hydrogen-bond acceptors (Lipinski definition) is 3. The van der Waals surface area contributed by atoms with E-state index in [1.807, 2.05) is 13.8 Å². The summed E-state index contributed by atoms with van der Waals surface area (Å²) in [6.45, 7) is 4.49. The van der Waals surface area contributed by atoms with E-state index < -0.39 is 0 Å². The number of methoxy groups -OCH3 is 1. The monoisotopic (exact) mass is 191 g/mol. The Morgan fingerprint density at radius 2 is 2.17 bits per heavy atom. The quantitative estimate of drug-likeness (QED) is 0.639. The predicted molar refractivity (Wildman–Crippen MR) is 53.3 cm³/mol. The van der Waals surface area contributed by atoms with Gasteiger partial charge in [-0.25, -0.2) is 0 Å². The molecule has 72 valence electrons. The molecule has 3 nitrogen and oxygen atoms in total. The Balaban J connectivity index is 3.77. The fourth-order valence-corrected chi connectivity index (χ4v) is 1.14. The summed E-state index contributed by atoms with van der Waals surface area (Å²) in [4.78, 5) is 0.417. The molecule has 0 saturated carbocycles. The van der Waals surface area contributed by atoms with E-state index >= 15 is 0 Å². The molecule has 2 unspecified atom stereocenters. The second-order valence-electron chi connectivity index (χ2n) is 2.70. The Hall–Kier alpha value is -0.190. The molecule has 0 fully saturated rings. The van der Waals surface area contributed by atoms with Gasteiger partial charge in [0.15, 0.2) is 0 Å². The molecular formula is C8H17NO2S. The number of rotatable bonds is 6. The van der Waals surface area contributed by atoms with Crippen molar-refractivity contribution in [2.75, 3.05) is 13.7 Å². The highest BCUT2D eigenvalue weighted by Crippen LogP contribution is 2.03. The van der Waals surface area contributed by atoms with Crippen molar-refractivity contribution in [1.29, 1.82) is 0 Å². The average molecular weight is 191 g/mol. The van der Waals surface area contributed by atoms with E-state index in [0.29, 0.717) is 11.6 Å². The molecule has 0 radical (unpaired) electrons. The topological polar surface area (TPSA) is 44.5 Å². The average Bonchev–Trinajstić information content (AvgIpc) is 2.00. The lowest BCUT2D eigenvalue weighted by Crippen LogP contribution is -2.33. The molecule has 0 aromatic rings. The van der Waals surface area contributed by atoms with Gasteiger partial charge >= 0.3 is 0 Å². The third kappa shape index (κ3) is 4.64. The predicted octanol–water partition coefficient (Wildman–Crippen LogP) is 1.10. The van der Waals surface area contributed by atoms with Crippen LogP contribution in [0.3, 0.4) is 0 Å². The second-order valence-corrected chi connectivity index (χ2v) is 3.17. The highest BCUT2D eigenvalue weighted by Gasteiger charge is 2.13. The maximum absolute atomic E-state index is 5.51. The maximum atomic E-state index is 5.51. The fraction of sp³-hybridized carbons (Fsp3) is 0.875. The molecule has 0 aromatic carbocycles.